The van der Waals surface area contributed by atoms with Crippen molar-refractivity contribution in [2.24, 2.45) is 5.92 Å². The topological polar surface area (TPSA) is 102 Å². The fourth-order valence-electron chi connectivity index (χ4n) is 4.60. The molecule has 9 heteroatoms. The maximum absolute atomic E-state index is 13.7. The molecule has 1 aliphatic heterocycles. The average molecular weight is 531 g/mol. The first-order valence-corrected chi connectivity index (χ1v) is 12.6. The molecule has 0 saturated heterocycles. The third-order valence-electron chi connectivity index (χ3n) is 6.79. The summed E-state index contributed by atoms with van der Waals surface area (Å²) in [4.78, 5) is 41.1. The molecule has 1 heterocycles. The summed E-state index contributed by atoms with van der Waals surface area (Å²) in [5, 5.41) is 14.7. The molecule has 2 atom stereocenters. The number of carbonyl (C=O) groups excluding carboxylic acids is 3. The molecule has 0 fully saturated rings. The molecule has 2 N–H and O–H groups in total. The summed E-state index contributed by atoms with van der Waals surface area (Å²) in [7, 11) is 0. The molecule has 2 unspecified atom stereocenters. The predicted molar refractivity (Wildman–Crippen MR) is 140 cm³/mol. The highest BCUT2D eigenvalue weighted by Crippen LogP contribution is 2.20. The number of nitrogens with zero attached hydrogens (tertiary/aromatic N) is 2. The first kappa shape index (κ1) is 27.5. The maximum Gasteiger partial charge on any atom is 0.245 e. The van der Waals surface area contributed by atoms with E-state index in [-0.39, 0.29) is 24.4 Å². The molecule has 0 aliphatic carbocycles. The van der Waals surface area contributed by atoms with Crippen molar-refractivity contribution in [2.45, 2.75) is 38.9 Å². The monoisotopic (exact) mass is 530 g/mol. The Morgan fingerprint density at radius 3 is 2.36 bits per heavy atom. The van der Waals surface area contributed by atoms with Crippen LogP contribution in [0, 0.1) is 28.9 Å². The van der Waals surface area contributed by atoms with E-state index < -0.39 is 35.4 Å². The van der Waals surface area contributed by atoms with E-state index in [0.29, 0.717) is 30.6 Å². The van der Waals surface area contributed by atoms with Crippen LogP contribution in [-0.4, -0.2) is 35.2 Å². The van der Waals surface area contributed by atoms with Crippen LogP contribution in [0.3, 0.4) is 0 Å². The number of amides is 3. The summed E-state index contributed by atoms with van der Waals surface area (Å²) >= 11 is 0. The van der Waals surface area contributed by atoms with E-state index in [1.54, 1.807) is 29.2 Å². The van der Waals surface area contributed by atoms with E-state index in [1.165, 1.54) is 12.5 Å². The van der Waals surface area contributed by atoms with Crippen molar-refractivity contribution in [3.8, 4) is 6.07 Å². The minimum atomic E-state index is -1.19. The molecule has 0 aromatic heterocycles. The van der Waals surface area contributed by atoms with Crippen LogP contribution >= 0.6 is 0 Å². The number of rotatable bonds is 8. The van der Waals surface area contributed by atoms with Gasteiger partial charge in [0.1, 0.15) is 23.6 Å². The van der Waals surface area contributed by atoms with Crippen LogP contribution in [-0.2, 0) is 40.3 Å². The summed E-state index contributed by atoms with van der Waals surface area (Å²) in [6.45, 7) is 2.08. The van der Waals surface area contributed by atoms with Crippen molar-refractivity contribution in [3.63, 3.8) is 0 Å². The molecule has 7 nitrogen and oxygen atoms in total. The minimum absolute atomic E-state index is 0.0728. The number of hydrogen-bond donors (Lipinski definition) is 2. The number of carbonyl (C=O) groups is 3. The summed E-state index contributed by atoms with van der Waals surface area (Å²) in [5.41, 5.74) is 3.39. The molecular formula is C30H28F2N4O3. The lowest BCUT2D eigenvalue weighted by Gasteiger charge is -2.32. The van der Waals surface area contributed by atoms with Gasteiger partial charge >= 0.3 is 0 Å². The first-order valence-electron chi connectivity index (χ1n) is 12.6. The SMILES string of the molecule is CC(C(=O)NCc1cc(F)cc(F)c1)C(=O)NC(Cc1ccccc1C#N)C(=O)N1CCc2ccccc2C1. The predicted octanol–water partition coefficient (Wildman–Crippen LogP) is 3.40. The second kappa shape index (κ2) is 12.3. The van der Waals surface area contributed by atoms with Crippen molar-refractivity contribution in [3.05, 3.63) is 106 Å². The van der Waals surface area contributed by atoms with Crippen LogP contribution in [0.1, 0.15) is 34.7 Å². The van der Waals surface area contributed by atoms with Gasteiger partial charge < -0.3 is 15.5 Å². The second-order valence-electron chi connectivity index (χ2n) is 9.53. The fraction of sp³-hybridized carbons (Fsp3) is 0.267. The molecule has 0 bridgehead atoms. The van der Waals surface area contributed by atoms with Gasteiger partial charge in [0, 0.05) is 32.1 Å². The zero-order valence-electron chi connectivity index (χ0n) is 21.4. The van der Waals surface area contributed by atoms with E-state index >= 15 is 0 Å². The third-order valence-corrected chi connectivity index (χ3v) is 6.79. The Kier molecular flexibility index (Phi) is 8.67. The summed E-state index contributed by atoms with van der Waals surface area (Å²) < 4.78 is 26.9. The summed E-state index contributed by atoms with van der Waals surface area (Å²) in [6, 6.07) is 18.7. The van der Waals surface area contributed by atoms with Gasteiger partial charge in [0.2, 0.25) is 17.7 Å². The van der Waals surface area contributed by atoms with Gasteiger partial charge in [-0.15, -0.1) is 0 Å². The first-order chi connectivity index (χ1) is 18.7. The van der Waals surface area contributed by atoms with E-state index in [1.807, 2.05) is 24.3 Å². The Bertz CT molecular complexity index is 1420. The number of halogens is 2. The van der Waals surface area contributed by atoms with Gasteiger partial charge in [0.25, 0.3) is 0 Å². The van der Waals surface area contributed by atoms with Crippen LogP contribution in [0.15, 0.2) is 66.7 Å². The number of nitrogens with one attached hydrogen (secondary N) is 2. The Morgan fingerprint density at radius 2 is 1.64 bits per heavy atom. The van der Waals surface area contributed by atoms with Gasteiger partial charge in [0.05, 0.1) is 11.6 Å². The second-order valence-corrected chi connectivity index (χ2v) is 9.53. The zero-order chi connectivity index (χ0) is 27.9. The maximum atomic E-state index is 13.7. The Morgan fingerprint density at radius 1 is 0.974 bits per heavy atom. The van der Waals surface area contributed by atoms with Crippen LogP contribution in [0.5, 0.6) is 0 Å². The van der Waals surface area contributed by atoms with Crippen molar-refractivity contribution in [1.82, 2.24) is 15.5 Å². The normalized spacial score (nSPS) is 13.9. The minimum Gasteiger partial charge on any atom is -0.351 e. The summed E-state index contributed by atoms with van der Waals surface area (Å²) in [6.07, 6.45) is 0.750. The molecule has 3 aromatic rings. The van der Waals surface area contributed by atoms with Crippen LogP contribution < -0.4 is 10.6 Å². The van der Waals surface area contributed by atoms with Crippen molar-refractivity contribution < 1.29 is 23.2 Å². The van der Waals surface area contributed by atoms with Gasteiger partial charge in [0.15, 0.2) is 0 Å². The lowest BCUT2D eigenvalue weighted by Crippen LogP contribution is -2.53. The van der Waals surface area contributed by atoms with Gasteiger partial charge in [-0.1, -0.05) is 42.5 Å². The van der Waals surface area contributed by atoms with Crippen LogP contribution in [0.25, 0.3) is 0 Å². The molecule has 4 rings (SSSR count). The van der Waals surface area contributed by atoms with Crippen molar-refractivity contribution in [1.29, 1.82) is 5.26 Å². The van der Waals surface area contributed by atoms with Gasteiger partial charge in [-0.2, -0.15) is 5.26 Å². The van der Waals surface area contributed by atoms with Crippen LogP contribution in [0.4, 0.5) is 8.78 Å². The highest BCUT2D eigenvalue weighted by atomic mass is 19.1. The molecule has 3 aromatic carbocycles. The molecule has 0 spiro atoms. The zero-order valence-corrected chi connectivity index (χ0v) is 21.4. The Balaban J connectivity index is 1.48. The highest BCUT2D eigenvalue weighted by molar-refractivity contribution is 6.01. The van der Waals surface area contributed by atoms with E-state index in [0.717, 1.165) is 23.8 Å². The lowest BCUT2D eigenvalue weighted by atomic mass is 9.96. The highest BCUT2D eigenvalue weighted by Gasteiger charge is 2.32. The molecule has 3 amide bonds. The molecule has 39 heavy (non-hydrogen) atoms. The largest absolute Gasteiger partial charge is 0.351 e. The van der Waals surface area contributed by atoms with E-state index in [4.69, 9.17) is 0 Å². The number of fused-ring (bicyclic) bond motifs is 1. The Hall–Kier alpha value is -4.58. The number of nitriles is 1. The van der Waals surface area contributed by atoms with Crippen molar-refractivity contribution >= 4 is 17.7 Å². The lowest BCUT2D eigenvalue weighted by molar-refractivity contribution is -0.140. The van der Waals surface area contributed by atoms with Gasteiger partial charge in [-0.05, 0) is 53.8 Å². The molecule has 200 valence electrons. The summed E-state index contributed by atoms with van der Waals surface area (Å²) in [5.74, 6) is -4.38. The quantitative estimate of drug-likeness (QED) is 0.436. The molecular weight excluding hydrogens is 502 g/mol. The van der Waals surface area contributed by atoms with Gasteiger partial charge in [-0.3, -0.25) is 14.4 Å². The molecule has 0 radical (unpaired) electrons. The standard InChI is InChI=1S/C30H28F2N4O3/c1-19(28(37)34-17-20-12-25(31)15-26(32)13-20)29(38)35-27(14-22-7-3-4-8-23(22)16-33)30(39)36-11-10-21-6-2-5-9-24(21)18-36/h2-9,12-13,15,19,27H,10-11,14,17-18H2,1H3,(H,34,37)(H,35,38). The molecule has 1 aliphatic rings. The van der Waals surface area contributed by atoms with E-state index in [9.17, 15) is 28.4 Å². The fourth-order valence-corrected chi connectivity index (χ4v) is 4.60. The smallest absolute Gasteiger partial charge is 0.245 e. The Labute approximate surface area is 225 Å². The third kappa shape index (κ3) is 6.85. The van der Waals surface area contributed by atoms with Crippen molar-refractivity contribution in [2.75, 3.05) is 6.54 Å². The number of benzene rings is 3. The molecule has 0 saturated carbocycles. The number of hydrogen-bond acceptors (Lipinski definition) is 4. The van der Waals surface area contributed by atoms with Crippen LogP contribution in [0.2, 0.25) is 0 Å². The van der Waals surface area contributed by atoms with E-state index in [2.05, 4.69) is 16.7 Å². The average Bonchev–Trinajstić information content (AvgIpc) is 2.94. The van der Waals surface area contributed by atoms with Gasteiger partial charge in [-0.25, -0.2) is 8.78 Å².